The van der Waals surface area contributed by atoms with E-state index in [2.05, 4.69) is 19.2 Å². The van der Waals surface area contributed by atoms with Crippen molar-refractivity contribution in [3.63, 3.8) is 0 Å². The van der Waals surface area contributed by atoms with Crippen LogP contribution in [0.3, 0.4) is 0 Å². The first kappa shape index (κ1) is 14.5. The van der Waals surface area contributed by atoms with Gasteiger partial charge in [0.25, 0.3) is 0 Å². The van der Waals surface area contributed by atoms with E-state index in [0.717, 1.165) is 25.7 Å². The van der Waals surface area contributed by atoms with Crippen molar-refractivity contribution < 1.29 is 9.53 Å². The van der Waals surface area contributed by atoms with Crippen molar-refractivity contribution in [2.75, 3.05) is 13.2 Å². The van der Waals surface area contributed by atoms with Crippen LogP contribution in [0.1, 0.15) is 46.0 Å². The highest BCUT2D eigenvalue weighted by atomic mass is 16.5. The second kappa shape index (κ2) is 7.67. The van der Waals surface area contributed by atoms with Crippen LogP contribution in [0.2, 0.25) is 0 Å². The lowest BCUT2D eigenvalue weighted by molar-refractivity contribution is -0.126. The van der Waals surface area contributed by atoms with E-state index in [1.807, 2.05) is 0 Å². The lowest BCUT2D eigenvalue weighted by Crippen LogP contribution is -2.45. The lowest BCUT2D eigenvalue weighted by atomic mass is 10.0. The highest BCUT2D eigenvalue weighted by Gasteiger charge is 2.32. The number of unbranched alkanes of at least 4 members (excludes halogenated alkanes) is 1. The van der Waals surface area contributed by atoms with Crippen LogP contribution < -0.4 is 11.1 Å². The average molecular weight is 242 g/mol. The molecule has 100 valence electrons. The number of carbonyl (C=O) groups is 1. The Morgan fingerprint density at radius 3 is 2.65 bits per heavy atom. The van der Waals surface area contributed by atoms with Gasteiger partial charge in [0.15, 0.2) is 0 Å². The smallest absolute Gasteiger partial charge is 0.227 e. The minimum atomic E-state index is -0.156. The Kier molecular flexibility index (Phi) is 6.52. The quantitative estimate of drug-likeness (QED) is 0.710. The lowest BCUT2D eigenvalue weighted by Gasteiger charge is -2.21. The molecule has 3 unspecified atom stereocenters. The van der Waals surface area contributed by atoms with Crippen LogP contribution in [-0.4, -0.2) is 31.2 Å². The van der Waals surface area contributed by atoms with Crippen LogP contribution in [0.4, 0.5) is 0 Å². The molecule has 1 fully saturated rings. The minimum Gasteiger partial charge on any atom is -0.379 e. The van der Waals surface area contributed by atoms with Crippen LogP contribution in [0.25, 0.3) is 0 Å². The summed E-state index contributed by atoms with van der Waals surface area (Å²) in [7, 11) is 0. The van der Waals surface area contributed by atoms with E-state index < -0.39 is 0 Å². The van der Waals surface area contributed by atoms with Crippen molar-refractivity contribution in [3.8, 4) is 0 Å². The van der Waals surface area contributed by atoms with Gasteiger partial charge in [-0.2, -0.15) is 0 Å². The van der Waals surface area contributed by atoms with E-state index in [0.29, 0.717) is 19.3 Å². The third-order valence-electron chi connectivity index (χ3n) is 3.35. The predicted molar refractivity (Wildman–Crippen MR) is 68.6 cm³/mol. The van der Waals surface area contributed by atoms with Gasteiger partial charge in [0.2, 0.25) is 5.91 Å². The summed E-state index contributed by atoms with van der Waals surface area (Å²) in [5.74, 6) is -0.0828. The molecule has 0 aromatic rings. The summed E-state index contributed by atoms with van der Waals surface area (Å²) in [6.07, 6.45) is 5.55. The second-order valence-electron chi connectivity index (χ2n) is 4.94. The molecule has 1 aliphatic rings. The number of hydrogen-bond donors (Lipinski definition) is 2. The third-order valence-corrected chi connectivity index (χ3v) is 3.35. The van der Waals surface area contributed by atoms with Gasteiger partial charge in [0.05, 0.1) is 19.1 Å². The van der Waals surface area contributed by atoms with Gasteiger partial charge in [-0.05, 0) is 12.8 Å². The summed E-state index contributed by atoms with van der Waals surface area (Å²) in [6.45, 7) is 5.30. The maximum atomic E-state index is 12.0. The van der Waals surface area contributed by atoms with E-state index in [-0.39, 0.29) is 17.9 Å². The maximum Gasteiger partial charge on any atom is 0.227 e. The average Bonchev–Trinajstić information content (AvgIpc) is 2.72. The van der Waals surface area contributed by atoms with Crippen molar-refractivity contribution in [1.82, 2.24) is 5.32 Å². The third kappa shape index (κ3) is 4.64. The topological polar surface area (TPSA) is 64.3 Å². The fraction of sp³-hybridized carbons (Fsp3) is 0.923. The number of ether oxygens (including phenoxy) is 1. The van der Waals surface area contributed by atoms with E-state index in [9.17, 15) is 4.79 Å². The van der Waals surface area contributed by atoms with Crippen molar-refractivity contribution in [2.24, 2.45) is 11.7 Å². The van der Waals surface area contributed by atoms with Gasteiger partial charge >= 0.3 is 0 Å². The Hall–Kier alpha value is -0.610. The molecule has 3 N–H and O–H groups in total. The molecule has 0 saturated carbocycles. The molecule has 0 spiro atoms. The van der Waals surface area contributed by atoms with Gasteiger partial charge in [0, 0.05) is 12.1 Å². The molecule has 1 heterocycles. The Bertz CT molecular complexity index is 233. The molecule has 1 saturated heterocycles. The summed E-state index contributed by atoms with van der Waals surface area (Å²) in [5.41, 5.74) is 5.84. The van der Waals surface area contributed by atoms with Gasteiger partial charge < -0.3 is 15.8 Å². The zero-order chi connectivity index (χ0) is 12.7. The minimum absolute atomic E-state index is 0.0737. The molecule has 4 nitrogen and oxygen atoms in total. The summed E-state index contributed by atoms with van der Waals surface area (Å²) in [4.78, 5) is 12.0. The Morgan fingerprint density at radius 2 is 2.12 bits per heavy atom. The van der Waals surface area contributed by atoms with Crippen LogP contribution in [0.5, 0.6) is 0 Å². The molecular weight excluding hydrogens is 216 g/mol. The molecule has 17 heavy (non-hydrogen) atoms. The van der Waals surface area contributed by atoms with Gasteiger partial charge in [-0.3, -0.25) is 4.79 Å². The monoisotopic (exact) mass is 242 g/mol. The maximum absolute atomic E-state index is 12.0. The number of hydrogen-bond acceptors (Lipinski definition) is 3. The fourth-order valence-corrected chi connectivity index (χ4v) is 2.24. The zero-order valence-electron chi connectivity index (χ0n) is 11.1. The molecule has 1 amide bonds. The van der Waals surface area contributed by atoms with E-state index in [4.69, 9.17) is 10.5 Å². The summed E-state index contributed by atoms with van der Waals surface area (Å²) >= 11 is 0. The number of nitrogens with two attached hydrogens (primary N) is 1. The molecule has 0 aromatic carbocycles. The Labute approximate surface area is 104 Å². The molecule has 0 aliphatic carbocycles. The number of rotatable bonds is 7. The molecule has 0 aromatic heterocycles. The van der Waals surface area contributed by atoms with Crippen molar-refractivity contribution in [2.45, 2.75) is 58.0 Å². The van der Waals surface area contributed by atoms with Crippen molar-refractivity contribution >= 4 is 5.91 Å². The molecule has 0 radical (unpaired) electrons. The van der Waals surface area contributed by atoms with Crippen LogP contribution in [0, 0.1) is 5.92 Å². The van der Waals surface area contributed by atoms with Gasteiger partial charge in [0.1, 0.15) is 0 Å². The number of amides is 1. The fourth-order valence-electron chi connectivity index (χ4n) is 2.24. The molecule has 3 atom stereocenters. The zero-order valence-corrected chi connectivity index (χ0v) is 11.1. The number of nitrogens with one attached hydrogen (secondary N) is 1. The normalized spacial score (nSPS) is 25.8. The first-order valence-corrected chi connectivity index (χ1v) is 6.82. The summed E-state index contributed by atoms with van der Waals surface area (Å²) < 4.78 is 5.23. The largest absolute Gasteiger partial charge is 0.379 e. The SMILES string of the molecule is CCCCC(CCC)NC(=O)C1COCC1N. The predicted octanol–water partition coefficient (Wildman–Crippen LogP) is 1.44. The van der Waals surface area contributed by atoms with Crippen molar-refractivity contribution in [1.29, 1.82) is 0 Å². The molecule has 1 aliphatic heterocycles. The molecule has 1 rings (SSSR count). The Balaban J connectivity index is 2.39. The molecular formula is C13H26N2O2. The van der Waals surface area contributed by atoms with E-state index >= 15 is 0 Å². The van der Waals surface area contributed by atoms with Gasteiger partial charge in [-0.25, -0.2) is 0 Å². The van der Waals surface area contributed by atoms with Crippen LogP contribution >= 0.6 is 0 Å². The molecule has 4 heteroatoms. The van der Waals surface area contributed by atoms with Crippen molar-refractivity contribution in [3.05, 3.63) is 0 Å². The highest BCUT2D eigenvalue weighted by molar-refractivity contribution is 5.80. The standard InChI is InChI=1S/C13H26N2O2/c1-3-5-7-10(6-4-2)15-13(16)11-8-17-9-12(11)14/h10-12H,3-9,14H2,1-2H3,(H,15,16). The first-order chi connectivity index (χ1) is 8.19. The highest BCUT2D eigenvalue weighted by Crippen LogP contribution is 2.14. The second-order valence-corrected chi connectivity index (χ2v) is 4.94. The Morgan fingerprint density at radius 1 is 1.35 bits per heavy atom. The summed E-state index contributed by atoms with van der Waals surface area (Å²) in [6, 6.07) is 0.170. The van der Waals surface area contributed by atoms with Gasteiger partial charge in [-0.1, -0.05) is 33.1 Å². The van der Waals surface area contributed by atoms with Gasteiger partial charge in [-0.15, -0.1) is 0 Å². The van der Waals surface area contributed by atoms with E-state index in [1.165, 1.54) is 6.42 Å². The number of carbonyl (C=O) groups excluding carboxylic acids is 1. The van der Waals surface area contributed by atoms with Crippen LogP contribution in [0.15, 0.2) is 0 Å². The van der Waals surface area contributed by atoms with Crippen LogP contribution in [-0.2, 0) is 9.53 Å². The molecule has 0 bridgehead atoms. The van der Waals surface area contributed by atoms with E-state index in [1.54, 1.807) is 0 Å². The first-order valence-electron chi connectivity index (χ1n) is 6.82. The summed E-state index contributed by atoms with van der Waals surface area (Å²) in [5, 5.41) is 3.13.